The molecule has 0 bridgehead atoms. The van der Waals surface area contributed by atoms with Crippen molar-refractivity contribution in [3.63, 3.8) is 0 Å². The molecule has 1 aromatic heterocycles. The predicted octanol–water partition coefficient (Wildman–Crippen LogP) is 4.61. The molecule has 0 unspecified atom stereocenters. The fourth-order valence-corrected chi connectivity index (χ4v) is 3.40. The number of halogens is 3. The molecule has 0 saturated heterocycles. The largest absolute Gasteiger partial charge is 0.454 e. The summed E-state index contributed by atoms with van der Waals surface area (Å²) in [5, 5.41) is 3.91. The third kappa shape index (κ3) is 4.11. The third-order valence-corrected chi connectivity index (χ3v) is 4.91. The minimum Gasteiger partial charge on any atom is -0.454 e. The average Bonchev–Trinajstić information content (AvgIpc) is 3.30. The summed E-state index contributed by atoms with van der Waals surface area (Å²) >= 11 is 0. The maximum Gasteiger partial charge on any atom is 0.416 e. The molecular formula is C22H18F3N3O3. The minimum absolute atomic E-state index is 0.127. The van der Waals surface area contributed by atoms with Crippen molar-refractivity contribution in [2.45, 2.75) is 20.0 Å². The van der Waals surface area contributed by atoms with Gasteiger partial charge in [0.2, 0.25) is 6.79 Å². The van der Waals surface area contributed by atoms with Crippen LogP contribution in [0.15, 0.2) is 53.6 Å². The van der Waals surface area contributed by atoms with Crippen LogP contribution in [-0.4, -0.2) is 23.5 Å². The molecule has 2 heterocycles. The normalized spacial score (nSPS) is 13.1. The number of benzene rings is 2. The first-order chi connectivity index (χ1) is 14.7. The Morgan fingerprint density at radius 2 is 1.87 bits per heavy atom. The third-order valence-electron chi connectivity index (χ3n) is 4.91. The Kier molecular flexibility index (Phi) is 5.18. The molecule has 31 heavy (non-hydrogen) atoms. The van der Waals surface area contributed by atoms with Gasteiger partial charge in [-0.05, 0) is 50.2 Å². The first-order valence-electron chi connectivity index (χ1n) is 9.33. The van der Waals surface area contributed by atoms with E-state index in [1.54, 1.807) is 0 Å². The van der Waals surface area contributed by atoms with Crippen LogP contribution < -0.4 is 14.9 Å². The lowest BCUT2D eigenvalue weighted by atomic mass is 10.1. The number of hydrogen-bond donors (Lipinski definition) is 1. The summed E-state index contributed by atoms with van der Waals surface area (Å²) in [5.41, 5.74) is 4.69. The Morgan fingerprint density at radius 3 is 2.65 bits per heavy atom. The van der Waals surface area contributed by atoms with Crippen LogP contribution >= 0.6 is 0 Å². The first kappa shape index (κ1) is 20.5. The molecule has 0 fully saturated rings. The van der Waals surface area contributed by atoms with E-state index in [2.05, 4.69) is 10.5 Å². The van der Waals surface area contributed by atoms with Crippen molar-refractivity contribution in [2.24, 2.45) is 5.10 Å². The van der Waals surface area contributed by atoms with Crippen LogP contribution in [-0.2, 0) is 6.18 Å². The molecule has 1 aliphatic heterocycles. The van der Waals surface area contributed by atoms with Crippen molar-refractivity contribution in [1.82, 2.24) is 9.99 Å². The van der Waals surface area contributed by atoms with Gasteiger partial charge in [0.15, 0.2) is 11.5 Å². The number of aryl methyl sites for hydroxylation is 1. The van der Waals surface area contributed by atoms with E-state index in [4.69, 9.17) is 9.47 Å². The lowest BCUT2D eigenvalue weighted by Gasteiger charge is -2.10. The number of hydrazone groups is 1. The van der Waals surface area contributed by atoms with Gasteiger partial charge in [0.25, 0.3) is 5.91 Å². The van der Waals surface area contributed by atoms with E-state index in [1.807, 2.05) is 42.7 Å². The standard InChI is InChI=1S/C22H18F3N3O3/c1-13-8-16(14(2)28(13)18-6-7-19-20(10-18)31-12-30-19)11-26-27-21(29)15-4-3-5-17(9-15)22(23,24)25/h3-11H,12H2,1-2H3,(H,27,29)/b26-11+. The fourth-order valence-electron chi connectivity index (χ4n) is 3.40. The Balaban J connectivity index is 1.52. The van der Waals surface area contributed by atoms with Gasteiger partial charge in [-0.2, -0.15) is 18.3 Å². The Bertz CT molecular complexity index is 1180. The van der Waals surface area contributed by atoms with Crippen molar-refractivity contribution in [2.75, 3.05) is 6.79 Å². The van der Waals surface area contributed by atoms with Gasteiger partial charge in [-0.15, -0.1) is 0 Å². The number of nitrogens with one attached hydrogen (secondary N) is 1. The van der Waals surface area contributed by atoms with Gasteiger partial charge in [0.1, 0.15) is 0 Å². The molecule has 160 valence electrons. The lowest BCUT2D eigenvalue weighted by Crippen LogP contribution is -2.18. The SMILES string of the molecule is Cc1cc(/C=N/NC(=O)c2cccc(C(F)(F)F)c2)c(C)n1-c1ccc2c(c1)OCO2. The Morgan fingerprint density at radius 1 is 1.10 bits per heavy atom. The van der Waals surface area contributed by atoms with Crippen molar-refractivity contribution in [1.29, 1.82) is 0 Å². The maximum atomic E-state index is 12.8. The number of fused-ring (bicyclic) bond motifs is 1. The second kappa shape index (κ2) is 7.82. The molecule has 4 rings (SSSR count). The van der Waals surface area contributed by atoms with E-state index in [0.29, 0.717) is 11.5 Å². The van der Waals surface area contributed by atoms with Crippen LogP contribution in [0.2, 0.25) is 0 Å². The van der Waals surface area contributed by atoms with Crippen LogP contribution in [0.3, 0.4) is 0 Å². The van der Waals surface area contributed by atoms with Gasteiger partial charge >= 0.3 is 6.18 Å². The van der Waals surface area contributed by atoms with Gasteiger partial charge < -0.3 is 14.0 Å². The number of amides is 1. The molecule has 9 heteroatoms. The van der Waals surface area contributed by atoms with Gasteiger partial charge in [-0.25, -0.2) is 5.43 Å². The minimum atomic E-state index is -4.52. The quantitative estimate of drug-likeness (QED) is 0.487. The van der Waals surface area contributed by atoms with E-state index in [9.17, 15) is 18.0 Å². The molecular weight excluding hydrogens is 411 g/mol. The van der Waals surface area contributed by atoms with Gasteiger partial charge in [-0.3, -0.25) is 4.79 Å². The molecule has 1 N–H and O–H groups in total. The fraction of sp³-hybridized carbons (Fsp3) is 0.182. The number of carbonyl (C=O) groups is 1. The van der Waals surface area contributed by atoms with Crippen LogP contribution in [0.5, 0.6) is 11.5 Å². The number of rotatable bonds is 4. The molecule has 0 radical (unpaired) electrons. The highest BCUT2D eigenvalue weighted by Gasteiger charge is 2.30. The summed E-state index contributed by atoms with van der Waals surface area (Å²) in [5.74, 6) is 0.616. The molecule has 0 atom stereocenters. The summed E-state index contributed by atoms with van der Waals surface area (Å²) in [6.45, 7) is 4.01. The number of alkyl halides is 3. The predicted molar refractivity (Wildman–Crippen MR) is 108 cm³/mol. The number of aromatic nitrogens is 1. The first-order valence-corrected chi connectivity index (χ1v) is 9.33. The van der Waals surface area contributed by atoms with Crippen molar-refractivity contribution < 1.29 is 27.4 Å². The zero-order valence-corrected chi connectivity index (χ0v) is 16.7. The molecule has 0 spiro atoms. The average molecular weight is 429 g/mol. The highest BCUT2D eigenvalue weighted by Crippen LogP contribution is 2.34. The van der Waals surface area contributed by atoms with Crippen molar-refractivity contribution >= 4 is 12.1 Å². The summed E-state index contributed by atoms with van der Waals surface area (Å²) in [6, 6.07) is 11.7. The monoisotopic (exact) mass is 429 g/mol. The molecule has 1 aliphatic rings. The smallest absolute Gasteiger partial charge is 0.416 e. The Labute approximate surface area is 175 Å². The molecule has 3 aromatic rings. The van der Waals surface area contributed by atoms with Gasteiger partial charge in [0.05, 0.1) is 11.8 Å². The summed E-state index contributed by atoms with van der Waals surface area (Å²) in [7, 11) is 0. The molecule has 0 aliphatic carbocycles. The number of carbonyl (C=O) groups excluding carboxylic acids is 1. The number of ether oxygens (including phenoxy) is 2. The second-order valence-corrected chi connectivity index (χ2v) is 6.98. The second-order valence-electron chi connectivity index (χ2n) is 6.98. The topological polar surface area (TPSA) is 64.9 Å². The van der Waals surface area contributed by atoms with Crippen LogP contribution in [0.25, 0.3) is 5.69 Å². The number of nitrogens with zero attached hydrogens (tertiary/aromatic N) is 2. The molecule has 1 amide bonds. The van der Waals surface area contributed by atoms with Crippen LogP contribution in [0.1, 0.15) is 32.9 Å². The van der Waals surface area contributed by atoms with Crippen molar-refractivity contribution in [3.8, 4) is 17.2 Å². The maximum absolute atomic E-state index is 12.8. The van der Waals surface area contributed by atoms with Crippen molar-refractivity contribution in [3.05, 3.63) is 76.6 Å². The highest BCUT2D eigenvalue weighted by atomic mass is 19.4. The van der Waals surface area contributed by atoms with E-state index >= 15 is 0 Å². The summed E-state index contributed by atoms with van der Waals surface area (Å²) < 4.78 is 51.2. The zero-order chi connectivity index (χ0) is 22.2. The summed E-state index contributed by atoms with van der Waals surface area (Å²) in [4.78, 5) is 12.2. The molecule has 0 saturated carbocycles. The highest BCUT2D eigenvalue weighted by molar-refractivity contribution is 5.95. The lowest BCUT2D eigenvalue weighted by molar-refractivity contribution is -0.137. The molecule has 6 nitrogen and oxygen atoms in total. The van der Waals surface area contributed by atoms with Gasteiger partial charge in [-0.1, -0.05) is 6.07 Å². The van der Waals surface area contributed by atoms with E-state index in [-0.39, 0.29) is 12.4 Å². The molecule has 2 aromatic carbocycles. The van der Waals surface area contributed by atoms with Crippen LogP contribution in [0, 0.1) is 13.8 Å². The zero-order valence-electron chi connectivity index (χ0n) is 16.7. The van der Waals surface area contributed by atoms with E-state index < -0.39 is 17.6 Å². The van der Waals surface area contributed by atoms with E-state index in [0.717, 1.165) is 34.8 Å². The van der Waals surface area contributed by atoms with Gasteiger partial charge in [0, 0.05) is 34.3 Å². The van der Waals surface area contributed by atoms with E-state index in [1.165, 1.54) is 18.3 Å². The van der Waals surface area contributed by atoms with Crippen LogP contribution in [0.4, 0.5) is 13.2 Å². The number of hydrogen-bond acceptors (Lipinski definition) is 4. The Hall–Kier alpha value is -3.75. The summed E-state index contributed by atoms with van der Waals surface area (Å²) in [6.07, 6.45) is -3.07.